The lowest BCUT2D eigenvalue weighted by Gasteiger charge is -2.26. The number of benzene rings is 1. The van der Waals surface area contributed by atoms with E-state index in [0.29, 0.717) is 18.6 Å². The molecule has 1 saturated heterocycles. The average Bonchev–Trinajstić information content (AvgIpc) is 3.27. The lowest BCUT2D eigenvalue weighted by molar-refractivity contribution is 0.0641. The molecule has 0 radical (unpaired) electrons. The van der Waals surface area contributed by atoms with Crippen molar-refractivity contribution in [1.29, 1.82) is 0 Å². The maximum absolute atomic E-state index is 11.4. The van der Waals surface area contributed by atoms with E-state index >= 15 is 0 Å². The van der Waals surface area contributed by atoms with Gasteiger partial charge in [-0.1, -0.05) is 43.7 Å². The molecule has 4 nitrogen and oxygen atoms in total. The van der Waals surface area contributed by atoms with Crippen LogP contribution in [0.3, 0.4) is 0 Å². The molecule has 0 bridgehead atoms. The number of aryl methyl sites for hydroxylation is 1. The highest BCUT2D eigenvalue weighted by Gasteiger charge is 2.46. The number of allylic oxidation sites excluding steroid dienone is 1. The van der Waals surface area contributed by atoms with Gasteiger partial charge in [0.1, 0.15) is 6.61 Å². The van der Waals surface area contributed by atoms with Crippen molar-refractivity contribution in [3.8, 4) is 0 Å². The zero-order valence-corrected chi connectivity index (χ0v) is 16.3. The van der Waals surface area contributed by atoms with Crippen molar-refractivity contribution in [2.45, 2.75) is 75.9 Å². The standard InChI is InChI=1S/C23H31NO3/c1-2-3-4-5-12-26-21-9-8-17-13-18(6-7-19(17)14-21)20-10-11-23(15-20)16-27-22(25)24-23/h4-7,13,20-21H,2-3,8-12,14-16H2,1H3,(H,24,25). The van der Waals surface area contributed by atoms with Gasteiger partial charge in [-0.25, -0.2) is 4.79 Å². The summed E-state index contributed by atoms with van der Waals surface area (Å²) in [6, 6.07) is 7.01. The van der Waals surface area contributed by atoms with Gasteiger partial charge in [0, 0.05) is 0 Å². The van der Waals surface area contributed by atoms with Crippen LogP contribution in [-0.4, -0.2) is 30.9 Å². The van der Waals surface area contributed by atoms with Gasteiger partial charge in [-0.15, -0.1) is 0 Å². The van der Waals surface area contributed by atoms with E-state index in [-0.39, 0.29) is 11.6 Å². The van der Waals surface area contributed by atoms with E-state index in [0.717, 1.165) is 51.6 Å². The second-order valence-electron chi connectivity index (χ2n) is 8.41. The van der Waals surface area contributed by atoms with Crippen molar-refractivity contribution >= 4 is 6.09 Å². The van der Waals surface area contributed by atoms with Crippen molar-refractivity contribution in [3.05, 3.63) is 47.0 Å². The van der Waals surface area contributed by atoms with Crippen molar-refractivity contribution in [1.82, 2.24) is 5.32 Å². The van der Waals surface area contributed by atoms with Crippen molar-refractivity contribution in [3.63, 3.8) is 0 Å². The SMILES string of the molecule is CCCC=CCOC1CCc2cc(C3CCC4(COC(=O)N4)C3)ccc2C1. The minimum atomic E-state index is -0.253. The van der Waals surface area contributed by atoms with Crippen LogP contribution in [0.25, 0.3) is 0 Å². The highest BCUT2D eigenvalue weighted by molar-refractivity contribution is 5.70. The molecule has 2 aliphatic carbocycles. The van der Waals surface area contributed by atoms with Gasteiger partial charge in [0.2, 0.25) is 0 Å². The summed E-state index contributed by atoms with van der Waals surface area (Å²) in [5.41, 5.74) is 4.23. The molecule has 0 aromatic heterocycles. The second kappa shape index (κ2) is 8.05. The molecule has 1 heterocycles. The number of unbranched alkanes of at least 4 members (excludes halogenated alkanes) is 1. The van der Waals surface area contributed by atoms with Crippen LogP contribution >= 0.6 is 0 Å². The fraction of sp³-hybridized carbons (Fsp3) is 0.609. The number of carbonyl (C=O) groups excluding carboxylic acids is 1. The van der Waals surface area contributed by atoms with Crippen LogP contribution in [0.15, 0.2) is 30.4 Å². The minimum Gasteiger partial charge on any atom is -0.447 e. The number of amides is 1. The Bertz CT molecular complexity index is 714. The molecule has 1 N–H and O–H groups in total. The maximum Gasteiger partial charge on any atom is 0.407 e. The molecule has 27 heavy (non-hydrogen) atoms. The van der Waals surface area contributed by atoms with Gasteiger partial charge in [0.15, 0.2) is 0 Å². The third kappa shape index (κ3) is 4.21. The topological polar surface area (TPSA) is 47.6 Å². The van der Waals surface area contributed by atoms with Crippen LogP contribution in [0.5, 0.6) is 0 Å². The van der Waals surface area contributed by atoms with Crippen molar-refractivity contribution in [2.75, 3.05) is 13.2 Å². The first-order chi connectivity index (χ1) is 13.2. The van der Waals surface area contributed by atoms with Crippen LogP contribution in [0.2, 0.25) is 0 Å². The van der Waals surface area contributed by atoms with Gasteiger partial charge < -0.3 is 14.8 Å². The highest BCUT2D eigenvalue weighted by atomic mass is 16.6. The normalized spacial score (nSPS) is 29.9. The van der Waals surface area contributed by atoms with Gasteiger partial charge in [-0.05, 0) is 67.6 Å². The Morgan fingerprint density at radius 3 is 3.04 bits per heavy atom. The Balaban J connectivity index is 1.34. The second-order valence-corrected chi connectivity index (χ2v) is 8.41. The van der Waals surface area contributed by atoms with Gasteiger partial charge in [-0.3, -0.25) is 0 Å². The first-order valence-corrected chi connectivity index (χ1v) is 10.5. The first-order valence-electron chi connectivity index (χ1n) is 10.5. The van der Waals surface area contributed by atoms with E-state index in [9.17, 15) is 4.79 Å². The molecule has 4 rings (SSSR count). The lowest BCUT2D eigenvalue weighted by atomic mass is 9.85. The number of cyclic esters (lactones) is 1. The number of alkyl carbamates (subject to hydrolysis) is 1. The summed E-state index contributed by atoms with van der Waals surface area (Å²) >= 11 is 0. The van der Waals surface area contributed by atoms with Crippen LogP contribution < -0.4 is 5.32 Å². The van der Waals surface area contributed by atoms with E-state index in [1.54, 1.807) is 0 Å². The van der Waals surface area contributed by atoms with Gasteiger partial charge >= 0.3 is 6.09 Å². The summed E-state index contributed by atoms with van der Waals surface area (Å²) in [6.07, 6.45) is 13.2. The monoisotopic (exact) mass is 369 g/mol. The number of fused-ring (bicyclic) bond motifs is 1. The molecule has 1 saturated carbocycles. The Hall–Kier alpha value is -1.81. The third-order valence-electron chi connectivity index (χ3n) is 6.39. The summed E-state index contributed by atoms with van der Waals surface area (Å²) in [7, 11) is 0. The molecule has 1 amide bonds. The summed E-state index contributed by atoms with van der Waals surface area (Å²) in [4.78, 5) is 11.4. The summed E-state index contributed by atoms with van der Waals surface area (Å²) in [5, 5.41) is 3.05. The number of hydrogen-bond acceptors (Lipinski definition) is 3. The van der Waals surface area contributed by atoms with Crippen LogP contribution in [-0.2, 0) is 22.3 Å². The van der Waals surface area contributed by atoms with Gasteiger partial charge in [0.25, 0.3) is 0 Å². The average molecular weight is 370 g/mol. The first kappa shape index (κ1) is 18.5. The number of carbonyl (C=O) groups is 1. The molecular formula is C23H31NO3. The fourth-order valence-corrected chi connectivity index (χ4v) is 4.83. The molecule has 2 fully saturated rings. The van der Waals surface area contributed by atoms with E-state index in [1.165, 1.54) is 23.1 Å². The molecule has 1 aromatic carbocycles. The molecule has 146 valence electrons. The zero-order chi connectivity index (χ0) is 18.7. The molecule has 3 unspecified atom stereocenters. The Labute approximate surface area is 162 Å². The molecule has 1 aliphatic heterocycles. The van der Waals surface area contributed by atoms with Crippen LogP contribution in [0.1, 0.15) is 68.1 Å². The smallest absolute Gasteiger partial charge is 0.407 e. The predicted octanol–water partition coefficient (Wildman–Crippen LogP) is 4.66. The Morgan fingerprint density at radius 2 is 2.22 bits per heavy atom. The number of hydrogen-bond donors (Lipinski definition) is 1. The maximum atomic E-state index is 11.4. The lowest BCUT2D eigenvalue weighted by Crippen LogP contribution is -2.40. The van der Waals surface area contributed by atoms with E-state index in [1.807, 2.05) is 0 Å². The molecular weight excluding hydrogens is 338 g/mol. The van der Waals surface area contributed by atoms with Crippen LogP contribution in [0.4, 0.5) is 4.79 Å². The van der Waals surface area contributed by atoms with Crippen molar-refractivity contribution < 1.29 is 14.3 Å². The predicted molar refractivity (Wildman–Crippen MR) is 106 cm³/mol. The van der Waals surface area contributed by atoms with E-state index in [4.69, 9.17) is 9.47 Å². The number of ether oxygens (including phenoxy) is 2. The zero-order valence-electron chi connectivity index (χ0n) is 16.3. The third-order valence-corrected chi connectivity index (χ3v) is 6.39. The number of rotatable bonds is 6. The molecule has 1 aromatic rings. The molecule has 1 spiro atoms. The Morgan fingerprint density at radius 1 is 1.30 bits per heavy atom. The summed E-state index contributed by atoms with van der Waals surface area (Å²) in [6.45, 7) is 3.45. The van der Waals surface area contributed by atoms with Crippen LogP contribution in [0, 0.1) is 0 Å². The van der Waals surface area contributed by atoms with E-state index in [2.05, 4.69) is 42.6 Å². The summed E-state index contributed by atoms with van der Waals surface area (Å²) < 4.78 is 11.2. The minimum absolute atomic E-state index is 0.123. The number of nitrogens with one attached hydrogen (secondary N) is 1. The Kier molecular flexibility index (Phi) is 5.53. The van der Waals surface area contributed by atoms with Crippen molar-refractivity contribution in [2.24, 2.45) is 0 Å². The van der Waals surface area contributed by atoms with Gasteiger partial charge in [-0.2, -0.15) is 0 Å². The fourth-order valence-electron chi connectivity index (χ4n) is 4.83. The largest absolute Gasteiger partial charge is 0.447 e. The molecule has 3 aliphatic rings. The summed E-state index contributed by atoms with van der Waals surface area (Å²) in [5.74, 6) is 0.523. The quantitative estimate of drug-likeness (QED) is 0.742. The van der Waals surface area contributed by atoms with Gasteiger partial charge in [0.05, 0.1) is 18.2 Å². The molecule has 3 atom stereocenters. The van der Waals surface area contributed by atoms with E-state index < -0.39 is 0 Å². The highest BCUT2D eigenvalue weighted by Crippen LogP contribution is 2.43. The molecule has 4 heteroatoms.